The Hall–Kier alpha value is -0.670. The van der Waals surface area contributed by atoms with Crippen LogP contribution >= 0.6 is 11.8 Å². The fourth-order valence-corrected chi connectivity index (χ4v) is 2.36. The Morgan fingerprint density at radius 1 is 1.24 bits per heavy atom. The predicted molar refractivity (Wildman–Crippen MR) is 76.8 cm³/mol. The molecule has 1 aromatic carbocycles. The number of aliphatic hydroxyl groups is 1. The Labute approximate surface area is 109 Å². The molecule has 0 bridgehead atoms. The van der Waals surface area contributed by atoms with Crippen LogP contribution in [0.4, 0.5) is 5.69 Å². The average Bonchev–Trinajstić information content (AvgIpc) is 2.32. The van der Waals surface area contributed by atoms with Gasteiger partial charge >= 0.3 is 0 Å². The monoisotopic (exact) mass is 253 g/mol. The standard InChI is InChI=1S/C14H23NOS/c1-4-12(10-16)9-15-13-5-7-14(8-6-13)17-11(2)3/h5-8,11-12,15-16H,4,9-10H2,1-3H3. The molecule has 0 saturated carbocycles. The van der Waals surface area contributed by atoms with E-state index in [9.17, 15) is 0 Å². The number of hydrogen-bond donors (Lipinski definition) is 2. The molecule has 0 radical (unpaired) electrons. The van der Waals surface area contributed by atoms with Crippen molar-refractivity contribution in [2.45, 2.75) is 37.3 Å². The minimum Gasteiger partial charge on any atom is -0.396 e. The zero-order valence-corrected chi connectivity index (χ0v) is 11.8. The SMILES string of the molecule is CCC(CO)CNc1ccc(SC(C)C)cc1. The topological polar surface area (TPSA) is 32.3 Å². The van der Waals surface area contributed by atoms with E-state index >= 15 is 0 Å². The summed E-state index contributed by atoms with van der Waals surface area (Å²) in [7, 11) is 0. The summed E-state index contributed by atoms with van der Waals surface area (Å²) in [6.45, 7) is 7.59. The Kier molecular flexibility index (Phi) is 6.45. The summed E-state index contributed by atoms with van der Waals surface area (Å²) in [5.74, 6) is 0.347. The Morgan fingerprint density at radius 2 is 1.88 bits per heavy atom. The van der Waals surface area contributed by atoms with Gasteiger partial charge in [0, 0.05) is 29.0 Å². The number of nitrogens with one attached hydrogen (secondary N) is 1. The maximum atomic E-state index is 9.10. The molecule has 0 amide bonds. The van der Waals surface area contributed by atoms with E-state index in [2.05, 4.69) is 50.4 Å². The van der Waals surface area contributed by atoms with E-state index in [1.165, 1.54) is 4.90 Å². The highest BCUT2D eigenvalue weighted by atomic mass is 32.2. The molecule has 0 aromatic heterocycles. The number of rotatable bonds is 7. The van der Waals surface area contributed by atoms with Crippen LogP contribution in [0.5, 0.6) is 0 Å². The number of hydrogen-bond acceptors (Lipinski definition) is 3. The molecule has 0 fully saturated rings. The van der Waals surface area contributed by atoms with Crippen molar-refractivity contribution in [1.29, 1.82) is 0 Å². The van der Waals surface area contributed by atoms with E-state index in [0.29, 0.717) is 11.2 Å². The molecule has 0 aliphatic carbocycles. The molecule has 0 aliphatic rings. The van der Waals surface area contributed by atoms with Crippen LogP contribution in [-0.4, -0.2) is 23.5 Å². The summed E-state index contributed by atoms with van der Waals surface area (Å²) >= 11 is 1.87. The summed E-state index contributed by atoms with van der Waals surface area (Å²) in [5.41, 5.74) is 1.13. The van der Waals surface area contributed by atoms with Crippen molar-refractivity contribution in [3.63, 3.8) is 0 Å². The lowest BCUT2D eigenvalue weighted by Crippen LogP contribution is -2.16. The molecule has 1 unspecified atom stereocenters. The van der Waals surface area contributed by atoms with Crippen molar-refractivity contribution in [3.8, 4) is 0 Å². The van der Waals surface area contributed by atoms with Gasteiger partial charge < -0.3 is 10.4 Å². The summed E-state index contributed by atoms with van der Waals surface area (Å²) in [5, 5.41) is 13.1. The van der Waals surface area contributed by atoms with Crippen molar-refractivity contribution in [2.75, 3.05) is 18.5 Å². The molecule has 1 aromatic rings. The van der Waals surface area contributed by atoms with Crippen LogP contribution in [0.15, 0.2) is 29.2 Å². The predicted octanol–water partition coefficient (Wildman–Crippen LogP) is 3.62. The molecule has 17 heavy (non-hydrogen) atoms. The second-order valence-corrected chi connectivity index (χ2v) is 6.18. The Balaban J connectivity index is 2.45. The molecular weight excluding hydrogens is 230 g/mol. The fraction of sp³-hybridized carbons (Fsp3) is 0.571. The van der Waals surface area contributed by atoms with Crippen molar-refractivity contribution in [3.05, 3.63) is 24.3 Å². The molecule has 2 N–H and O–H groups in total. The van der Waals surface area contributed by atoms with Crippen LogP contribution in [0.1, 0.15) is 27.2 Å². The van der Waals surface area contributed by atoms with Crippen molar-refractivity contribution >= 4 is 17.4 Å². The number of anilines is 1. The van der Waals surface area contributed by atoms with Crippen molar-refractivity contribution in [2.24, 2.45) is 5.92 Å². The number of thioether (sulfide) groups is 1. The highest BCUT2D eigenvalue weighted by Crippen LogP contribution is 2.24. The molecule has 3 heteroatoms. The summed E-state index contributed by atoms with van der Waals surface area (Å²) < 4.78 is 0. The second kappa shape index (κ2) is 7.62. The van der Waals surface area contributed by atoms with E-state index < -0.39 is 0 Å². The lowest BCUT2D eigenvalue weighted by molar-refractivity contribution is 0.230. The molecule has 1 rings (SSSR count). The van der Waals surface area contributed by atoms with Crippen LogP contribution in [0, 0.1) is 5.92 Å². The van der Waals surface area contributed by atoms with Crippen LogP contribution in [0.3, 0.4) is 0 Å². The van der Waals surface area contributed by atoms with Gasteiger partial charge in [0.15, 0.2) is 0 Å². The zero-order chi connectivity index (χ0) is 12.7. The molecule has 96 valence electrons. The second-order valence-electron chi connectivity index (χ2n) is 4.53. The van der Waals surface area contributed by atoms with Gasteiger partial charge in [0.1, 0.15) is 0 Å². The van der Waals surface area contributed by atoms with Crippen LogP contribution < -0.4 is 5.32 Å². The van der Waals surface area contributed by atoms with Gasteiger partial charge in [-0.15, -0.1) is 11.8 Å². The highest BCUT2D eigenvalue weighted by Gasteiger charge is 2.04. The molecule has 0 spiro atoms. The van der Waals surface area contributed by atoms with Gasteiger partial charge in [0.05, 0.1) is 0 Å². The van der Waals surface area contributed by atoms with Crippen LogP contribution in [-0.2, 0) is 0 Å². The Morgan fingerprint density at radius 3 is 2.35 bits per heavy atom. The van der Waals surface area contributed by atoms with Gasteiger partial charge in [-0.05, 0) is 36.6 Å². The van der Waals surface area contributed by atoms with Gasteiger partial charge in [-0.1, -0.05) is 20.8 Å². The third-order valence-corrected chi connectivity index (χ3v) is 3.67. The summed E-state index contributed by atoms with van der Waals surface area (Å²) in [6, 6.07) is 8.50. The third kappa shape index (κ3) is 5.46. The maximum Gasteiger partial charge on any atom is 0.0475 e. The minimum absolute atomic E-state index is 0.255. The number of aliphatic hydroxyl groups excluding tert-OH is 1. The van der Waals surface area contributed by atoms with Crippen LogP contribution in [0.2, 0.25) is 0 Å². The molecule has 0 saturated heterocycles. The summed E-state index contributed by atoms with van der Waals surface area (Å²) in [6.07, 6.45) is 1.00. The fourth-order valence-electron chi connectivity index (χ4n) is 1.52. The molecule has 1 atom stereocenters. The van der Waals surface area contributed by atoms with Gasteiger partial charge in [0.2, 0.25) is 0 Å². The molecule has 0 aliphatic heterocycles. The zero-order valence-electron chi connectivity index (χ0n) is 10.9. The first-order valence-electron chi connectivity index (χ1n) is 6.27. The van der Waals surface area contributed by atoms with Gasteiger partial charge in [0.25, 0.3) is 0 Å². The lowest BCUT2D eigenvalue weighted by atomic mass is 10.1. The van der Waals surface area contributed by atoms with E-state index in [-0.39, 0.29) is 6.61 Å². The molecular formula is C14H23NOS. The smallest absolute Gasteiger partial charge is 0.0475 e. The Bertz CT molecular complexity index is 307. The van der Waals surface area contributed by atoms with E-state index in [4.69, 9.17) is 5.11 Å². The van der Waals surface area contributed by atoms with Gasteiger partial charge in [-0.2, -0.15) is 0 Å². The minimum atomic E-state index is 0.255. The van der Waals surface area contributed by atoms with Gasteiger partial charge in [-0.3, -0.25) is 0 Å². The number of benzene rings is 1. The first kappa shape index (κ1) is 14.4. The first-order valence-corrected chi connectivity index (χ1v) is 7.15. The van der Waals surface area contributed by atoms with E-state index in [1.807, 2.05) is 11.8 Å². The lowest BCUT2D eigenvalue weighted by Gasteiger charge is -2.14. The van der Waals surface area contributed by atoms with Crippen molar-refractivity contribution in [1.82, 2.24) is 0 Å². The molecule has 0 heterocycles. The third-order valence-electron chi connectivity index (χ3n) is 2.66. The largest absolute Gasteiger partial charge is 0.396 e. The quantitative estimate of drug-likeness (QED) is 0.728. The normalized spacial score (nSPS) is 12.8. The van der Waals surface area contributed by atoms with E-state index in [0.717, 1.165) is 18.7 Å². The average molecular weight is 253 g/mol. The first-order chi connectivity index (χ1) is 8.15. The highest BCUT2D eigenvalue weighted by molar-refractivity contribution is 7.99. The maximum absolute atomic E-state index is 9.10. The summed E-state index contributed by atoms with van der Waals surface area (Å²) in [4.78, 5) is 1.31. The molecule has 2 nitrogen and oxygen atoms in total. The van der Waals surface area contributed by atoms with Crippen molar-refractivity contribution < 1.29 is 5.11 Å². The van der Waals surface area contributed by atoms with E-state index in [1.54, 1.807) is 0 Å². The van der Waals surface area contributed by atoms with Crippen LogP contribution in [0.25, 0.3) is 0 Å². The van der Waals surface area contributed by atoms with Gasteiger partial charge in [-0.25, -0.2) is 0 Å².